The molecule has 11 heavy (non-hydrogen) atoms. The fourth-order valence-electron chi connectivity index (χ4n) is 0.827. The molecule has 0 amide bonds. The first-order chi connectivity index (χ1) is 5.22. The number of unbranched alkanes of at least 4 members (excludes halogenated alkanes) is 2. The smallest absolute Gasteiger partial charge is 0.241 e. The van der Waals surface area contributed by atoms with Crippen LogP contribution in [0.1, 0.15) is 32.6 Å². The summed E-state index contributed by atoms with van der Waals surface area (Å²) in [6.45, 7) is 2.07. The van der Waals surface area contributed by atoms with Gasteiger partial charge in [0.25, 0.3) is 0 Å². The Morgan fingerprint density at radius 1 is 1.64 bits per heavy atom. The zero-order valence-electron chi connectivity index (χ0n) is 6.66. The molecule has 64 valence electrons. The lowest BCUT2D eigenvalue weighted by molar-refractivity contribution is -0.502. The molecule has 3 nitrogen and oxygen atoms in total. The first-order valence-electron chi connectivity index (χ1n) is 3.81. The van der Waals surface area contributed by atoms with Crippen LogP contribution in [0, 0.1) is 10.1 Å². The molecule has 1 unspecified atom stereocenters. The minimum atomic E-state index is -0.614. The van der Waals surface area contributed by atoms with Crippen LogP contribution in [0.4, 0.5) is 0 Å². The zero-order chi connectivity index (χ0) is 8.69. The first kappa shape index (κ1) is 10.5. The SMILES string of the molecule is CCCCCC(C=S)[N+](=O)[O-]. The van der Waals surface area contributed by atoms with E-state index in [1.165, 1.54) is 5.37 Å². The molecule has 0 aliphatic heterocycles. The van der Waals surface area contributed by atoms with E-state index >= 15 is 0 Å². The van der Waals surface area contributed by atoms with Gasteiger partial charge in [0.15, 0.2) is 0 Å². The molecule has 0 heterocycles. The molecule has 0 aromatic heterocycles. The fraction of sp³-hybridized carbons (Fsp3) is 0.857. The summed E-state index contributed by atoms with van der Waals surface area (Å²) in [5, 5.41) is 11.5. The number of rotatable bonds is 6. The van der Waals surface area contributed by atoms with Gasteiger partial charge in [-0.3, -0.25) is 10.1 Å². The second-order valence-corrected chi connectivity index (χ2v) is 2.76. The van der Waals surface area contributed by atoms with E-state index in [0.717, 1.165) is 19.3 Å². The van der Waals surface area contributed by atoms with Gasteiger partial charge >= 0.3 is 0 Å². The van der Waals surface area contributed by atoms with Crippen LogP contribution in [0.3, 0.4) is 0 Å². The highest BCUT2D eigenvalue weighted by molar-refractivity contribution is 7.79. The van der Waals surface area contributed by atoms with E-state index < -0.39 is 6.04 Å². The molecule has 4 heteroatoms. The van der Waals surface area contributed by atoms with Crippen molar-refractivity contribution in [3.05, 3.63) is 10.1 Å². The van der Waals surface area contributed by atoms with Crippen LogP contribution in [-0.4, -0.2) is 16.3 Å². The number of thiocarbonyl (C=S) groups is 1. The van der Waals surface area contributed by atoms with Crippen molar-refractivity contribution < 1.29 is 4.92 Å². The van der Waals surface area contributed by atoms with Crippen molar-refractivity contribution in [2.45, 2.75) is 38.6 Å². The summed E-state index contributed by atoms with van der Waals surface area (Å²) >= 11 is 4.53. The lowest BCUT2D eigenvalue weighted by atomic mass is 10.1. The van der Waals surface area contributed by atoms with Crippen molar-refractivity contribution in [3.63, 3.8) is 0 Å². The highest BCUT2D eigenvalue weighted by Gasteiger charge is 2.14. The largest absolute Gasteiger partial charge is 0.264 e. The summed E-state index contributed by atoms with van der Waals surface area (Å²) in [5.74, 6) is 0. The van der Waals surface area contributed by atoms with E-state index in [0.29, 0.717) is 6.42 Å². The number of hydrogen-bond donors (Lipinski definition) is 0. The third kappa shape index (κ3) is 4.84. The van der Waals surface area contributed by atoms with E-state index in [1.807, 2.05) is 0 Å². The van der Waals surface area contributed by atoms with Gasteiger partial charge in [-0.2, -0.15) is 0 Å². The molecule has 0 aliphatic rings. The third-order valence-corrected chi connectivity index (χ3v) is 1.85. The average Bonchev–Trinajstić information content (AvgIpc) is 1.97. The molecule has 0 fully saturated rings. The van der Waals surface area contributed by atoms with Crippen LogP contribution in [-0.2, 0) is 0 Å². The topological polar surface area (TPSA) is 43.1 Å². The molecule has 0 saturated heterocycles. The Bertz CT molecular complexity index is 138. The molecular formula is C7H13NO2S. The van der Waals surface area contributed by atoms with Gasteiger partial charge in [-0.1, -0.05) is 32.0 Å². The zero-order valence-corrected chi connectivity index (χ0v) is 7.47. The molecule has 0 N–H and O–H groups in total. The van der Waals surface area contributed by atoms with E-state index in [1.54, 1.807) is 0 Å². The quantitative estimate of drug-likeness (QED) is 0.269. The summed E-state index contributed by atoms with van der Waals surface area (Å²) in [7, 11) is 0. The van der Waals surface area contributed by atoms with Crippen LogP contribution >= 0.6 is 12.2 Å². The van der Waals surface area contributed by atoms with Crippen LogP contribution in [0.2, 0.25) is 0 Å². The minimum Gasteiger partial charge on any atom is -0.264 e. The van der Waals surface area contributed by atoms with Gasteiger partial charge in [0.2, 0.25) is 6.04 Å². The van der Waals surface area contributed by atoms with Crippen molar-refractivity contribution in [3.8, 4) is 0 Å². The van der Waals surface area contributed by atoms with Gasteiger partial charge in [-0.05, 0) is 6.42 Å². The number of hydrogen-bond acceptors (Lipinski definition) is 3. The summed E-state index contributed by atoms with van der Waals surface area (Å²) in [4.78, 5) is 9.92. The standard InChI is InChI=1S/C7H13NO2S/c1-2-3-4-5-7(6-11)8(9)10/h6-7H,2-5H2,1H3. The van der Waals surface area contributed by atoms with Crippen molar-refractivity contribution >= 4 is 17.6 Å². The highest BCUT2D eigenvalue weighted by atomic mass is 32.1. The van der Waals surface area contributed by atoms with Crippen LogP contribution in [0.15, 0.2) is 0 Å². The Morgan fingerprint density at radius 3 is 2.64 bits per heavy atom. The van der Waals surface area contributed by atoms with Gasteiger partial charge in [0.1, 0.15) is 0 Å². The summed E-state index contributed by atoms with van der Waals surface area (Å²) in [5.41, 5.74) is 0. The fourth-order valence-corrected chi connectivity index (χ4v) is 1.06. The minimum absolute atomic E-state index is 0.317. The maximum absolute atomic E-state index is 10.2. The van der Waals surface area contributed by atoms with Crippen LogP contribution < -0.4 is 0 Å². The van der Waals surface area contributed by atoms with Gasteiger partial charge in [0.05, 0.1) is 5.37 Å². The molecular weight excluding hydrogens is 162 g/mol. The summed E-state index contributed by atoms with van der Waals surface area (Å²) < 4.78 is 0. The molecule has 0 aromatic rings. The highest BCUT2D eigenvalue weighted by Crippen LogP contribution is 2.04. The molecule has 0 bridgehead atoms. The van der Waals surface area contributed by atoms with Gasteiger partial charge < -0.3 is 0 Å². The summed E-state index contributed by atoms with van der Waals surface area (Å²) in [6.07, 6.45) is 3.62. The van der Waals surface area contributed by atoms with E-state index in [4.69, 9.17) is 0 Å². The molecule has 0 rings (SSSR count). The maximum atomic E-state index is 10.2. The van der Waals surface area contributed by atoms with Crippen molar-refractivity contribution in [1.29, 1.82) is 0 Å². The molecule has 0 aromatic carbocycles. The molecule has 0 radical (unpaired) electrons. The van der Waals surface area contributed by atoms with Crippen LogP contribution in [0.5, 0.6) is 0 Å². The van der Waals surface area contributed by atoms with Gasteiger partial charge in [0, 0.05) is 11.3 Å². The Kier molecular flexibility index (Phi) is 5.93. The van der Waals surface area contributed by atoms with Gasteiger partial charge in [-0.25, -0.2) is 0 Å². The Labute approximate surface area is 71.9 Å². The van der Waals surface area contributed by atoms with E-state index in [-0.39, 0.29) is 4.92 Å². The molecule has 0 saturated carbocycles. The maximum Gasteiger partial charge on any atom is 0.241 e. The van der Waals surface area contributed by atoms with Crippen LogP contribution in [0.25, 0.3) is 0 Å². The Hall–Kier alpha value is -0.510. The first-order valence-corrected chi connectivity index (χ1v) is 4.28. The lowest BCUT2D eigenvalue weighted by Crippen LogP contribution is -2.19. The number of nitrogens with zero attached hydrogens (tertiary/aromatic N) is 1. The van der Waals surface area contributed by atoms with E-state index in [9.17, 15) is 10.1 Å². The Balaban J connectivity index is 3.52. The number of nitro groups is 1. The lowest BCUT2D eigenvalue weighted by Gasteiger charge is -2.01. The molecule has 0 aliphatic carbocycles. The third-order valence-electron chi connectivity index (χ3n) is 1.53. The van der Waals surface area contributed by atoms with Crippen molar-refractivity contribution in [2.24, 2.45) is 0 Å². The second kappa shape index (κ2) is 6.22. The second-order valence-electron chi connectivity index (χ2n) is 2.48. The average molecular weight is 175 g/mol. The normalized spacial score (nSPS) is 12.5. The van der Waals surface area contributed by atoms with E-state index in [2.05, 4.69) is 19.1 Å². The molecule has 0 spiro atoms. The Morgan fingerprint density at radius 2 is 2.27 bits per heavy atom. The predicted molar refractivity (Wildman–Crippen MR) is 48.6 cm³/mol. The summed E-state index contributed by atoms with van der Waals surface area (Å²) in [6, 6.07) is -0.614. The van der Waals surface area contributed by atoms with Crippen molar-refractivity contribution in [1.82, 2.24) is 0 Å². The molecule has 1 atom stereocenters. The monoisotopic (exact) mass is 175 g/mol. The predicted octanol–water partition coefficient (Wildman–Crippen LogP) is 2.21. The van der Waals surface area contributed by atoms with Gasteiger partial charge in [-0.15, -0.1) is 0 Å². The van der Waals surface area contributed by atoms with Crippen molar-refractivity contribution in [2.75, 3.05) is 0 Å².